The fourth-order valence-electron chi connectivity index (χ4n) is 2.14. The summed E-state index contributed by atoms with van der Waals surface area (Å²) in [5.74, 6) is 1.28. The first-order chi connectivity index (χ1) is 9.25. The van der Waals surface area contributed by atoms with Gasteiger partial charge in [-0.15, -0.1) is 5.10 Å². The Bertz CT molecular complexity index is 580. The number of aromatic nitrogens is 4. The lowest BCUT2D eigenvalue weighted by Crippen LogP contribution is -2.27. The number of carbonyl (C=O) groups excluding carboxylic acids is 1. The topological polar surface area (TPSA) is 72.7 Å². The van der Waals surface area contributed by atoms with Crippen molar-refractivity contribution in [2.45, 2.75) is 13.3 Å². The van der Waals surface area contributed by atoms with Crippen molar-refractivity contribution in [3.63, 3.8) is 0 Å². The second kappa shape index (κ2) is 4.79. The highest BCUT2D eigenvalue weighted by Gasteiger charge is 2.32. The number of hydrogen-bond acceptors (Lipinski definition) is 4. The molecule has 6 heteroatoms. The lowest BCUT2D eigenvalue weighted by atomic mass is 10.1. The molecule has 6 nitrogen and oxygen atoms in total. The molecule has 1 amide bonds. The van der Waals surface area contributed by atoms with E-state index in [9.17, 15) is 4.79 Å². The molecule has 1 saturated carbocycles. The Kier molecular flexibility index (Phi) is 2.98. The Labute approximate surface area is 110 Å². The first kappa shape index (κ1) is 11.8. The van der Waals surface area contributed by atoms with Crippen LogP contribution in [0.3, 0.4) is 0 Å². The van der Waals surface area contributed by atoms with Gasteiger partial charge in [0.15, 0.2) is 0 Å². The first-order valence-corrected chi connectivity index (χ1v) is 6.36. The number of benzene rings is 1. The van der Waals surface area contributed by atoms with Crippen LogP contribution in [0.15, 0.2) is 30.6 Å². The van der Waals surface area contributed by atoms with Crippen molar-refractivity contribution in [2.75, 3.05) is 6.54 Å². The molecule has 1 N–H and O–H groups in total. The Hall–Kier alpha value is -2.24. The summed E-state index contributed by atoms with van der Waals surface area (Å²) in [4.78, 5) is 12.2. The molecule has 1 aromatic carbocycles. The van der Waals surface area contributed by atoms with Crippen LogP contribution in [0.5, 0.6) is 0 Å². The van der Waals surface area contributed by atoms with Gasteiger partial charge < -0.3 is 5.32 Å². The Morgan fingerprint density at radius 1 is 1.47 bits per heavy atom. The summed E-state index contributed by atoms with van der Waals surface area (Å²) >= 11 is 0. The van der Waals surface area contributed by atoms with Gasteiger partial charge in [0, 0.05) is 6.54 Å². The molecule has 0 spiro atoms. The fourth-order valence-corrected chi connectivity index (χ4v) is 2.14. The van der Waals surface area contributed by atoms with Crippen LogP contribution in [0.4, 0.5) is 0 Å². The average Bonchev–Trinajstić information content (AvgIpc) is 2.93. The summed E-state index contributed by atoms with van der Waals surface area (Å²) in [6.07, 6.45) is 2.68. The number of nitrogens with one attached hydrogen (secondary N) is 1. The number of para-hydroxylation sites is 1. The lowest BCUT2D eigenvalue weighted by molar-refractivity contribution is 0.0951. The van der Waals surface area contributed by atoms with Gasteiger partial charge >= 0.3 is 0 Å². The van der Waals surface area contributed by atoms with Crippen molar-refractivity contribution in [3.8, 4) is 5.69 Å². The quantitative estimate of drug-likeness (QED) is 0.888. The maximum absolute atomic E-state index is 12.2. The maximum atomic E-state index is 12.2. The highest BCUT2D eigenvalue weighted by Crippen LogP contribution is 2.36. The number of nitrogens with zero attached hydrogens (tertiary/aromatic N) is 4. The van der Waals surface area contributed by atoms with Gasteiger partial charge in [-0.2, -0.15) is 4.68 Å². The monoisotopic (exact) mass is 257 g/mol. The minimum absolute atomic E-state index is 0.0785. The van der Waals surface area contributed by atoms with E-state index in [1.165, 1.54) is 17.4 Å². The van der Waals surface area contributed by atoms with Crippen LogP contribution in [0.2, 0.25) is 0 Å². The third kappa shape index (κ3) is 2.47. The molecule has 19 heavy (non-hydrogen) atoms. The van der Waals surface area contributed by atoms with Crippen molar-refractivity contribution < 1.29 is 4.79 Å². The molecule has 0 saturated heterocycles. The van der Waals surface area contributed by atoms with Crippen molar-refractivity contribution in [3.05, 3.63) is 36.2 Å². The van der Waals surface area contributed by atoms with Gasteiger partial charge in [-0.05, 0) is 40.8 Å². The number of carbonyl (C=O) groups is 1. The van der Waals surface area contributed by atoms with Gasteiger partial charge in [0.05, 0.1) is 11.3 Å². The summed E-state index contributed by atoms with van der Waals surface area (Å²) in [5, 5.41) is 14.0. The minimum atomic E-state index is -0.0785. The van der Waals surface area contributed by atoms with E-state index in [1.54, 1.807) is 6.07 Å². The summed E-state index contributed by atoms with van der Waals surface area (Å²) in [5.41, 5.74) is 1.27. The average molecular weight is 257 g/mol. The summed E-state index contributed by atoms with van der Waals surface area (Å²) < 4.78 is 1.49. The van der Waals surface area contributed by atoms with E-state index in [2.05, 4.69) is 27.8 Å². The van der Waals surface area contributed by atoms with Gasteiger partial charge in [-0.3, -0.25) is 4.79 Å². The van der Waals surface area contributed by atoms with E-state index >= 15 is 0 Å². The van der Waals surface area contributed by atoms with E-state index in [-0.39, 0.29) is 5.91 Å². The SMILES string of the molecule is C[C@@H]1C[C@H]1CNC(=O)c1ccccc1-n1cnnn1. The molecular formula is C13H15N5O. The zero-order valence-corrected chi connectivity index (χ0v) is 10.7. The Balaban J connectivity index is 1.78. The molecule has 2 aromatic rings. The van der Waals surface area contributed by atoms with Crippen LogP contribution in [0.1, 0.15) is 23.7 Å². The molecule has 1 fully saturated rings. The predicted octanol–water partition coefficient (Wildman–Crippen LogP) is 1.05. The molecular weight excluding hydrogens is 242 g/mol. The third-order valence-electron chi connectivity index (χ3n) is 3.55. The standard InChI is InChI=1S/C13H15N5O/c1-9-6-10(9)7-14-13(19)11-4-2-3-5-12(11)18-8-15-16-17-18/h2-5,8-10H,6-7H2,1H3,(H,14,19)/t9-,10+/m1/s1. The highest BCUT2D eigenvalue weighted by molar-refractivity contribution is 5.97. The molecule has 3 rings (SSSR count). The minimum Gasteiger partial charge on any atom is -0.352 e. The lowest BCUT2D eigenvalue weighted by Gasteiger charge is -2.08. The van der Waals surface area contributed by atoms with Crippen LogP contribution < -0.4 is 5.32 Å². The smallest absolute Gasteiger partial charge is 0.253 e. The molecule has 98 valence electrons. The molecule has 1 aliphatic rings. The fraction of sp³-hybridized carbons (Fsp3) is 0.385. The van der Waals surface area contributed by atoms with E-state index < -0.39 is 0 Å². The summed E-state index contributed by atoms with van der Waals surface area (Å²) in [6.45, 7) is 2.94. The van der Waals surface area contributed by atoms with Crippen molar-refractivity contribution >= 4 is 5.91 Å². The van der Waals surface area contributed by atoms with Gasteiger partial charge in [0.1, 0.15) is 6.33 Å². The van der Waals surface area contributed by atoms with Crippen LogP contribution in [0, 0.1) is 11.8 Å². The number of hydrogen-bond donors (Lipinski definition) is 1. The molecule has 2 atom stereocenters. The van der Waals surface area contributed by atoms with Crippen LogP contribution in [-0.4, -0.2) is 32.7 Å². The number of amides is 1. The third-order valence-corrected chi connectivity index (χ3v) is 3.55. The largest absolute Gasteiger partial charge is 0.352 e. The molecule has 1 aromatic heterocycles. The highest BCUT2D eigenvalue weighted by atomic mass is 16.1. The van der Waals surface area contributed by atoms with E-state index in [0.717, 1.165) is 12.5 Å². The van der Waals surface area contributed by atoms with Gasteiger partial charge in [0.2, 0.25) is 0 Å². The zero-order chi connectivity index (χ0) is 13.2. The number of tetrazole rings is 1. The second-order valence-corrected chi connectivity index (χ2v) is 4.95. The predicted molar refractivity (Wildman–Crippen MR) is 68.8 cm³/mol. The van der Waals surface area contributed by atoms with Gasteiger partial charge in [-0.1, -0.05) is 19.1 Å². The van der Waals surface area contributed by atoms with Crippen molar-refractivity contribution in [2.24, 2.45) is 11.8 Å². The second-order valence-electron chi connectivity index (χ2n) is 4.95. The van der Waals surface area contributed by atoms with Crippen molar-refractivity contribution in [1.29, 1.82) is 0 Å². The van der Waals surface area contributed by atoms with E-state index in [4.69, 9.17) is 0 Å². The van der Waals surface area contributed by atoms with E-state index in [1.807, 2.05) is 18.2 Å². The molecule has 0 bridgehead atoms. The Morgan fingerprint density at radius 2 is 2.26 bits per heavy atom. The molecule has 0 unspecified atom stereocenters. The zero-order valence-electron chi connectivity index (χ0n) is 10.7. The van der Waals surface area contributed by atoms with Crippen LogP contribution in [-0.2, 0) is 0 Å². The number of rotatable bonds is 4. The van der Waals surface area contributed by atoms with E-state index in [0.29, 0.717) is 17.2 Å². The van der Waals surface area contributed by atoms with Crippen LogP contribution >= 0.6 is 0 Å². The summed E-state index contributed by atoms with van der Waals surface area (Å²) in [6, 6.07) is 7.30. The maximum Gasteiger partial charge on any atom is 0.253 e. The Morgan fingerprint density at radius 3 is 2.95 bits per heavy atom. The van der Waals surface area contributed by atoms with Crippen LogP contribution in [0.25, 0.3) is 5.69 Å². The molecule has 0 aliphatic heterocycles. The molecule has 1 heterocycles. The van der Waals surface area contributed by atoms with Crippen molar-refractivity contribution in [1.82, 2.24) is 25.5 Å². The first-order valence-electron chi connectivity index (χ1n) is 6.36. The van der Waals surface area contributed by atoms with Gasteiger partial charge in [-0.25, -0.2) is 0 Å². The normalized spacial score (nSPS) is 21.1. The molecule has 1 aliphatic carbocycles. The summed E-state index contributed by atoms with van der Waals surface area (Å²) in [7, 11) is 0. The van der Waals surface area contributed by atoms with Gasteiger partial charge in [0.25, 0.3) is 5.91 Å². The molecule has 0 radical (unpaired) electrons.